The molecular weight excluding hydrogens is 222 g/mol. The number of hydrogen-bond donors (Lipinski definition) is 1. The molecule has 0 amide bonds. The largest absolute Gasteiger partial charge is 0.322 e. The van der Waals surface area contributed by atoms with Crippen LogP contribution in [-0.2, 0) is 0 Å². The third-order valence-corrected chi connectivity index (χ3v) is 3.09. The van der Waals surface area contributed by atoms with Crippen molar-refractivity contribution in [1.29, 1.82) is 5.26 Å². The van der Waals surface area contributed by atoms with E-state index in [9.17, 15) is 0 Å². The van der Waals surface area contributed by atoms with Crippen molar-refractivity contribution in [3.8, 4) is 16.8 Å². The summed E-state index contributed by atoms with van der Waals surface area (Å²) in [6, 6.07) is 5.35. The Hall–Kier alpha value is -1.84. The lowest BCUT2D eigenvalue weighted by Crippen LogP contribution is -2.03. The molecule has 6 heteroatoms. The second-order valence-electron chi connectivity index (χ2n) is 3.28. The molecule has 2 N–H and O–H groups in total. The van der Waals surface area contributed by atoms with Gasteiger partial charge in [-0.1, -0.05) is 11.3 Å². The summed E-state index contributed by atoms with van der Waals surface area (Å²) in [7, 11) is 0. The summed E-state index contributed by atoms with van der Waals surface area (Å²) in [5.41, 5.74) is 6.94. The molecule has 0 radical (unpaired) electrons. The Morgan fingerprint density at radius 3 is 2.75 bits per heavy atom. The molecule has 0 aliphatic rings. The first kappa shape index (κ1) is 10.7. The molecule has 1 atom stereocenters. The van der Waals surface area contributed by atoms with Gasteiger partial charge in [0.05, 0.1) is 11.6 Å². The molecule has 80 valence electrons. The van der Waals surface area contributed by atoms with Gasteiger partial charge in [0.25, 0.3) is 0 Å². The predicted molar refractivity (Wildman–Crippen MR) is 60.5 cm³/mol. The van der Waals surface area contributed by atoms with Gasteiger partial charge in [0.1, 0.15) is 16.8 Å². The Kier molecular flexibility index (Phi) is 2.90. The lowest BCUT2D eigenvalue weighted by molar-refractivity contribution is 0.786. The van der Waals surface area contributed by atoms with Crippen molar-refractivity contribution >= 4 is 11.3 Å². The maximum Gasteiger partial charge on any atom is 0.166 e. The van der Waals surface area contributed by atoms with Crippen LogP contribution in [-0.4, -0.2) is 15.2 Å². The molecule has 16 heavy (non-hydrogen) atoms. The molecule has 0 fully saturated rings. The molecular formula is C10H9N5S. The van der Waals surface area contributed by atoms with E-state index >= 15 is 0 Å². The molecule has 0 spiro atoms. The fraction of sp³-hybridized carbons (Fsp3) is 0.200. The normalized spacial score (nSPS) is 12.1. The Morgan fingerprint density at radius 2 is 2.25 bits per heavy atom. The van der Waals surface area contributed by atoms with Gasteiger partial charge >= 0.3 is 0 Å². The minimum absolute atomic E-state index is 0.121. The van der Waals surface area contributed by atoms with Crippen LogP contribution in [0.2, 0.25) is 0 Å². The van der Waals surface area contributed by atoms with Crippen LogP contribution in [0.25, 0.3) is 10.7 Å². The summed E-state index contributed by atoms with van der Waals surface area (Å²) in [6.45, 7) is 1.86. The summed E-state index contributed by atoms with van der Waals surface area (Å²) in [5.74, 6) is 0. The van der Waals surface area contributed by atoms with E-state index in [2.05, 4.69) is 15.2 Å². The zero-order valence-corrected chi connectivity index (χ0v) is 9.40. The maximum absolute atomic E-state index is 8.64. The highest BCUT2D eigenvalue weighted by Gasteiger charge is 2.10. The smallest absolute Gasteiger partial charge is 0.166 e. The van der Waals surface area contributed by atoms with Gasteiger partial charge in [-0.2, -0.15) is 5.26 Å². The van der Waals surface area contributed by atoms with Crippen LogP contribution >= 0.6 is 11.3 Å². The van der Waals surface area contributed by atoms with Gasteiger partial charge in [0.2, 0.25) is 0 Å². The fourth-order valence-electron chi connectivity index (χ4n) is 1.11. The number of nitriles is 1. The van der Waals surface area contributed by atoms with E-state index in [4.69, 9.17) is 11.0 Å². The van der Waals surface area contributed by atoms with Gasteiger partial charge in [-0.3, -0.25) is 4.98 Å². The van der Waals surface area contributed by atoms with Gasteiger partial charge in [-0.05, 0) is 19.1 Å². The monoisotopic (exact) mass is 231 g/mol. The Balaban J connectivity index is 2.32. The van der Waals surface area contributed by atoms with Gasteiger partial charge in [0.15, 0.2) is 5.01 Å². The second kappa shape index (κ2) is 4.35. The van der Waals surface area contributed by atoms with Crippen molar-refractivity contribution in [3.05, 3.63) is 28.9 Å². The molecule has 0 aromatic carbocycles. The van der Waals surface area contributed by atoms with E-state index in [0.717, 1.165) is 10.0 Å². The van der Waals surface area contributed by atoms with E-state index in [-0.39, 0.29) is 6.04 Å². The van der Waals surface area contributed by atoms with E-state index in [1.165, 1.54) is 17.5 Å². The highest BCUT2D eigenvalue weighted by atomic mass is 32.1. The number of hydrogen-bond acceptors (Lipinski definition) is 6. The van der Waals surface area contributed by atoms with Crippen LogP contribution in [0.15, 0.2) is 18.3 Å². The van der Waals surface area contributed by atoms with Crippen LogP contribution in [0, 0.1) is 11.3 Å². The first-order valence-corrected chi connectivity index (χ1v) is 5.48. The van der Waals surface area contributed by atoms with E-state index in [1.807, 2.05) is 13.0 Å². The number of pyridine rings is 1. The Morgan fingerprint density at radius 1 is 1.44 bits per heavy atom. The lowest BCUT2D eigenvalue weighted by atomic mass is 10.3. The molecule has 2 rings (SSSR count). The molecule has 0 aliphatic carbocycles. The average Bonchev–Trinajstić information content (AvgIpc) is 2.78. The molecule has 2 heterocycles. The highest BCUT2D eigenvalue weighted by Crippen LogP contribution is 2.24. The molecule has 5 nitrogen and oxygen atoms in total. The Labute approximate surface area is 96.6 Å². The molecule has 1 unspecified atom stereocenters. The molecule has 0 saturated heterocycles. The number of nitrogens with two attached hydrogens (primary N) is 1. The maximum atomic E-state index is 8.64. The van der Waals surface area contributed by atoms with E-state index in [1.54, 1.807) is 12.1 Å². The summed E-state index contributed by atoms with van der Waals surface area (Å²) >= 11 is 1.41. The highest BCUT2D eigenvalue weighted by molar-refractivity contribution is 7.14. The summed E-state index contributed by atoms with van der Waals surface area (Å²) in [4.78, 5) is 4.14. The van der Waals surface area contributed by atoms with Crippen LogP contribution in [0.5, 0.6) is 0 Å². The third kappa shape index (κ3) is 2.05. The minimum atomic E-state index is -0.121. The van der Waals surface area contributed by atoms with Crippen molar-refractivity contribution in [2.45, 2.75) is 13.0 Å². The van der Waals surface area contributed by atoms with Crippen LogP contribution in [0.3, 0.4) is 0 Å². The van der Waals surface area contributed by atoms with Crippen molar-refractivity contribution < 1.29 is 0 Å². The summed E-state index contributed by atoms with van der Waals surface area (Å²) < 4.78 is 0. The lowest BCUT2D eigenvalue weighted by Gasteiger charge is -1.95. The molecule has 0 aliphatic heterocycles. The standard InChI is InChI=1S/C10H9N5S/c1-6(12)9-14-15-10(16-9)8-3-2-7(4-11)5-13-8/h2-3,5-6H,12H2,1H3. The van der Waals surface area contributed by atoms with Crippen LogP contribution in [0.1, 0.15) is 23.5 Å². The van der Waals surface area contributed by atoms with Gasteiger partial charge in [-0.15, -0.1) is 10.2 Å². The summed E-state index contributed by atoms with van der Waals surface area (Å²) in [5, 5.41) is 18.1. The zero-order chi connectivity index (χ0) is 11.5. The Bertz CT molecular complexity index is 523. The van der Waals surface area contributed by atoms with Crippen molar-refractivity contribution in [2.24, 2.45) is 5.73 Å². The third-order valence-electron chi connectivity index (χ3n) is 1.94. The zero-order valence-electron chi connectivity index (χ0n) is 8.58. The first-order valence-electron chi connectivity index (χ1n) is 4.66. The fourth-order valence-corrected chi connectivity index (χ4v) is 1.88. The van der Waals surface area contributed by atoms with Crippen LogP contribution < -0.4 is 5.73 Å². The second-order valence-corrected chi connectivity index (χ2v) is 4.29. The van der Waals surface area contributed by atoms with Gasteiger partial charge in [0, 0.05) is 6.20 Å². The SMILES string of the molecule is CC(N)c1nnc(-c2ccc(C#N)cn2)s1. The van der Waals surface area contributed by atoms with Gasteiger partial charge < -0.3 is 5.73 Å². The number of aromatic nitrogens is 3. The van der Waals surface area contributed by atoms with Crippen molar-refractivity contribution in [3.63, 3.8) is 0 Å². The first-order chi connectivity index (χ1) is 7.70. The van der Waals surface area contributed by atoms with E-state index in [0.29, 0.717) is 11.3 Å². The van der Waals surface area contributed by atoms with Crippen LogP contribution in [0.4, 0.5) is 0 Å². The summed E-state index contributed by atoms with van der Waals surface area (Å²) in [6.07, 6.45) is 1.52. The number of nitrogens with zero attached hydrogens (tertiary/aromatic N) is 4. The molecule has 2 aromatic heterocycles. The predicted octanol–water partition coefficient (Wildman–Crippen LogP) is 1.49. The number of rotatable bonds is 2. The molecule has 2 aromatic rings. The van der Waals surface area contributed by atoms with Gasteiger partial charge in [-0.25, -0.2) is 0 Å². The van der Waals surface area contributed by atoms with Crippen molar-refractivity contribution in [2.75, 3.05) is 0 Å². The quantitative estimate of drug-likeness (QED) is 0.845. The molecule has 0 bridgehead atoms. The molecule has 0 saturated carbocycles. The van der Waals surface area contributed by atoms with E-state index < -0.39 is 0 Å². The van der Waals surface area contributed by atoms with Crippen molar-refractivity contribution in [1.82, 2.24) is 15.2 Å². The topological polar surface area (TPSA) is 88.5 Å². The average molecular weight is 231 g/mol. The minimum Gasteiger partial charge on any atom is -0.322 e.